The zero-order valence-electron chi connectivity index (χ0n) is 16.3. The van der Waals surface area contributed by atoms with Gasteiger partial charge in [0, 0.05) is 19.7 Å². The van der Waals surface area contributed by atoms with Gasteiger partial charge in [0.05, 0.1) is 24.4 Å². The first-order valence-electron chi connectivity index (χ1n) is 9.69. The summed E-state index contributed by atoms with van der Waals surface area (Å²) in [6, 6.07) is 10.1. The Bertz CT molecular complexity index is 673. The van der Waals surface area contributed by atoms with Crippen LogP contribution in [0.3, 0.4) is 0 Å². The van der Waals surface area contributed by atoms with Gasteiger partial charge in [0.1, 0.15) is 0 Å². The Kier molecular flexibility index (Phi) is 9.03. The van der Waals surface area contributed by atoms with Gasteiger partial charge < -0.3 is 15.4 Å². The van der Waals surface area contributed by atoms with Crippen molar-refractivity contribution in [3.8, 4) is 0 Å². The van der Waals surface area contributed by atoms with Crippen LogP contribution in [0.1, 0.15) is 44.7 Å². The lowest BCUT2D eigenvalue weighted by Crippen LogP contribution is -2.40. The Hall–Kier alpha value is -1.64. The maximum Gasteiger partial charge on any atom is 0.213 e. The lowest BCUT2D eigenvalue weighted by atomic mass is 10.1. The Morgan fingerprint density at radius 1 is 1.30 bits per heavy atom. The Balaban J connectivity index is 1.82. The third-order valence-electron chi connectivity index (χ3n) is 4.43. The van der Waals surface area contributed by atoms with E-state index >= 15 is 0 Å². The summed E-state index contributed by atoms with van der Waals surface area (Å²) in [6.07, 6.45) is 3.04. The number of guanidine groups is 1. The van der Waals surface area contributed by atoms with E-state index in [0.717, 1.165) is 24.8 Å². The van der Waals surface area contributed by atoms with Gasteiger partial charge in [-0.15, -0.1) is 0 Å². The van der Waals surface area contributed by atoms with E-state index in [1.165, 1.54) is 0 Å². The minimum Gasteiger partial charge on any atom is -0.377 e. The summed E-state index contributed by atoms with van der Waals surface area (Å²) < 4.78 is 32.6. The van der Waals surface area contributed by atoms with Crippen LogP contribution in [0.2, 0.25) is 0 Å². The zero-order chi connectivity index (χ0) is 19.5. The molecule has 1 saturated heterocycles. The van der Waals surface area contributed by atoms with Crippen molar-refractivity contribution < 1.29 is 13.2 Å². The van der Waals surface area contributed by atoms with Crippen LogP contribution in [0.15, 0.2) is 35.3 Å². The molecule has 2 atom stereocenters. The van der Waals surface area contributed by atoms with E-state index in [4.69, 9.17) is 4.74 Å². The number of hydrogen-bond donors (Lipinski definition) is 3. The van der Waals surface area contributed by atoms with E-state index in [-0.39, 0.29) is 24.4 Å². The Morgan fingerprint density at radius 3 is 2.74 bits per heavy atom. The third-order valence-corrected chi connectivity index (χ3v) is 5.76. The number of benzene rings is 1. The Morgan fingerprint density at radius 2 is 2.07 bits per heavy atom. The fraction of sp³-hybridized carbons (Fsp3) is 0.632. The van der Waals surface area contributed by atoms with E-state index in [1.54, 1.807) is 0 Å². The SMILES string of the molecule is CCNC(=NCCS(=O)(=O)NCC1CCCCO1)NC(C)c1ccccc1. The van der Waals surface area contributed by atoms with Crippen molar-refractivity contribution in [3.63, 3.8) is 0 Å². The van der Waals surface area contributed by atoms with Crippen LogP contribution in [-0.2, 0) is 14.8 Å². The standard InChI is InChI=1S/C19H32N4O3S/c1-3-20-19(23-16(2)17-9-5-4-6-10-17)21-12-14-27(24,25)22-15-18-11-7-8-13-26-18/h4-6,9-10,16,18,22H,3,7-8,11-15H2,1-2H3,(H2,20,21,23). The molecule has 152 valence electrons. The number of nitrogens with zero attached hydrogens (tertiary/aromatic N) is 1. The van der Waals surface area contributed by atoms with Gasteiger partial charge in [-0.05, 0) is 38.7 Å². The van der Waals surface area contributed by atoms with Crippen molar-refractivity contribution in [1.29, 1.82) is 0 Å². The fourth-order valence-corrected chi connectivity index (χ4v) is 3.80. The van der Waals surface area contributed by atoms with Gasteiger partial charge in [0.15, 0.2) is 5.96 Å². The first-order chi connectivity index (χ1) is 13.0. The van der Waals surface area contributed by atoms with E-state index < -0.39 is 10.0 Å². The minimum absolute atomic E-state index is 0.0114. The first-order valence-corrected chi connectivity index (χ1v) is 11.3. The minimum atomic E-state index is -3.36. The van der Waals surface area contributed by atoms with Gasteiger partial charge in [0.25, 0.3) is 0 Å². The summed E-state index contributed by atoms with van der Waals surface area (Å²) in [7, 11) is -3.36. The number of ether oxygens (including phenoxy) is 1. The molecule has 1 heterocycles. The molecule has 7 nitrogen and oxygen atoms in total. The van der Waals surface area contributed by atoms with Crippen LogP contribution in [0.4, 0.5) is 0 Å². The molecule has 0 amide bonds. The van der Waals surface area contributed by atoms with Gasteiger partial charge in [-0.1, -0.05) is 30.3 Å². The summed E-state index contributed by atoms with van der Waals surface area (Å²) in [5, 5.41) is 6.46. The highest BCUT2D eigenvalue weighted by molar-refractivity contribution is 7.89. The average molecular weight is 397 g/mol. The van der Waals surface area contributed by atoms with E-state index in [1.807, 2.05) is 44.2 Å². The second-order valence-corrected chi connectivity index (χ2v) is 8.62. The zero-order valence-corrected chi connectivity index (χ0v) is 17.1. The lowest BCUT2D eigenvalue weighted by molar-refractivity contribution is 0.0200. The van der Waals surface area contributed by atoms with Crippen LogP contribution in [0.25, 0.3) is 0 Å². The summed E-state index contributed by atoms with van der Waals surface area (Å²) in [5.41, 5.74) is 1.14. The van der Waals surface area contributed by atoms with Crippen LogP contribution in [-0.4, -0.2) is 52.5 Å². The van der Waals surface area contributed by atoms with Crippen LogP contribution in [0, 0.1) is 0 Å². The summed E-state index contributed by atoms with van der Waals surface area (Å²) in [4.78, 5) is 4.40. The van der Waals surface area contributed by atoms with E-state index in [9.17, 15) is 8.42 Å². The van der Waals surface area contributed by atoms with Gasteiger partial charge in [-0.3, -0.25) is 4.99 Å². The van der Waals surface area contributed by atoms with Crippen LogP contribution in [0.5, 0.6) is 0 Å². The monoisotopic (exact) mass is 396 g/mol. The van der Waals surface area contributed by atoms with Crippen molar-refractivity contribution >= 4 is 16.0 Å². The molecule has 2 rings (SSSR count). The molecule has 1 fully saturated rings. The largest absolute Gasteiger partial charge is 0.377 e. The second kappa shape index (κ2) is 11.3. The van der Waals surface area contributed by atoms with E-state index in [2.05, 4.69) is 20.3 Å². The maximum atomic E-state index is 12.2. The van der Waals surface area contributed by atoms with E-state index in [0.29, 0.717) is 25.7 Å². The van der Waals surface area contributed by atoms with Gasteiger partial charge in [0.2, 0.25) is 10.0 Å². The number of aliphatic imine (C=N–C) groups is 1. The van der Waals surface area contributed by atoms with Crippen molar-refractivity contribution in [2.24, 2.45) is 4.99 Å². The molecule has 0 radical (unpaired) electrons. The summed E-state index contributed by atoms with van der Waals surface area (Å²) >= 11 is 0. The summed E-state index contributed by atoms with van der Waals surface area (Å²) in [5.74, 6) is 0.565. The molecule has 0 bridgehead atoms. The van der Waals surface area contributed by atoms with Crippen molar-refractivity contribution in [2.75, 3.05) is 32.0 Å². The normalized spacial score (nSPS) is 19.5. The van der Waals surface area contributed by atoms with Crippen molar-refractivity contribution in [1.82, 2.24) is 15.4 Å². The molecule has 2 unspecified atom stereocenters. The highest BCUT2D eigenvalue weighted by Crippen LogP contribution is 2.12. The molecule has 27 heavy (non-hydrogen) atoms. The first kappa shape index (κ1) is 21.7. The smallest absolute Gasteiger partial charge is 0.213 e. The second-order valence-electron chi connectivity index (χ2n) is 6.69. The van der Waals surface area contributed by atoms with Crippen LogP contribution < -0.4 is 15.4 Å². The fourth-order valence-electron chi connectivity index (χ4n) is 2.89. The third kappa shape index (κ3) is 8.28. The number of sulfonamides is 1. The average Bonchev–Trinajstić information content (AvgIpc) is 2.68. The van der Waals surface area contributed by atoms with Gasteiger partial charge in [-0.25, -0.2) is 13.1 Å². The predicted octanol–water partition coefficient (Wildman–Crippen LogP) is 1.79. The molecule has 0 aliphatic carbocycles. The van der Waals surface area contributed by atoms with Gasteiger partial charge >= 0.3 is 0 Å². The molecule has 1 aromatic rings. The molecule has 0 aromatic heterocycles. The molecular formula is C19H32N4O3S. The predicted molar refractivity (Wildman–Crippen MR) is 109 cm³/mol. The molecule has 0 spiro atoms. The molecule has 0 saturated carbocycles. The summed E-state index contributed by atoms with van der Waals surface area (Å²) in [6.45, 7) is 5.98. The molecule has 8 heteroatoms. The maximum absolute atomic E-state index is 12.2. The molecule has 3 N–H and O–H groups in total. The highest BCUT2D eigenvalue weighted by atomic mass is 32.2. The molecule has 1 aromatic carbocycles. The molecule has 1 aliphatic heterocycles. The topological polar surface area (TPSA) is 91.8 Å². The highest BCUT2D eigenvalue weighted by Gasteiger charge is 2.17. The number of nitrogens with one attached hydrogen (secondary N) is 3. The number of hydrogen-bond acceptors (Lipinski definition) is 4. The quantitative estimate of drug-likeness (QED) is 0.437. The molecular weight excluding hydrogens is 364 g/mol. The van der Waals surface area contributed by atoms with Crippen LogP contribution >= 0.6 is 0 Å². The number of rotatable bonds is 9. The van der Waals surface area contributed by atoms with Gasteiger partial charge in [-0.2, -0.15) is 0 Å². The molecule has 1 aliphatic rings. The lowest BCUT2D eigenvalue weighted by Gasteiger charge is -2.22. The van der Waals surface area contributed by atoms with Crippen molar-refractivity contribution in [2.45, 2.75) is 45.3 Å². The Labute approximate surface area is 163 Å². The van der Waals surface area contributed by atoms with Crippen molar-refractivity contribution in [3.05, 3.63) is 35.9 Å².